The minimum atomic E-state index is -1.09. The molecule has 0 saturated carbocycles. The van der Waals surface area contributed by atoms with Crippen molar-refractivity contribution in [2.75, 3.05) is 32.8 Å². The van der Waals surface area contributed by atoms with E-state index in [4.69, 9.17) is 4.74 Å². The highest BCUT2D eigenvalue weighted by Gasteiger charge is 2.78. The van der Waals surface area contributed by atoms with Gasteiger partial charge in [-0.05, 0) is 44.9 Å². The summed E-state index contributed by atoms with van der Waals surface area (Å²) in [7, 11) is 0. The summed E-state index contributed by atoms with van der Waals surface area (Å²) in [5.41, 5.74) is -1.92. The standard InChI is InChI=1S/C30H49N3O5/c1-8-12-18-32(17-11-4)28(37)25-30-14-13-29(7,38-30)23(26(35)31(15-9-2)16-10-3)24(30)27(36)33(25)22(20-34)19-21(5)6/h9,11,21-25,34H,2,4,8,10,12-20H2,1,3,5-7H3/t22-,23-,24+,25?,29+,30?/m1/s1. The van der Waals surface area contributed by atoms with Crippen molar-refractivity contribution in [3.05, 3.63) is 25.3 Å². The van der Waals surface area contributed by atoms with Crippen molar-refractivity contribution in [2.45, 2.75) is 96.4 Å². The van der Waals surface area contributed by atoms with E-state index in [0.29, 0.717) is 45.4 Å². The van der Waals surface area contributed by atoms with Crippen molar-refractivity contribution in [1.29, 1.82) is 0 Å². The van der Waals surface area contributed by atoms with Crippen LogP contribution < -0.4 is 0 Å². The average Bonchev–Trinajstić information content (AvgIpc) is 3.44. The third-order valence-corrected chi connectivity index (χ3v) is 8.66. The molecule has 0 aromatic carbocycles. The number of nitrogens with zero attached hydrogens (tertiary/aromatic N) is 3. The van der Waals surface area contributed by atoms with Gasteiger partial charge in [-0.3, -0.25) is 14.4 Å². The molecule has 3 heterocycles. The molecular weight excluding hydrogens is 482 g/mol. The Balaban J connectivity index is 2.13. The molecule has 3 saturated heterocycles. The molecule has 2 bridgehead atoms. The lowest BCUT2D eigenvalue weighted by atomic mass is 9.66. The van der Waals surface area contributed by atoms with Crippen molar-refractivity contribution in [1.82, 2.24) is 14.7 Å². The van der Waals surface area contributed by atoms with E-state index < -0.39 is 35.1 Å². The van der Waals surface area contributed by atoms with Gasteiger partial charge in [-0.1, -0.05) is 46.3 Å². The predicted molar refractivity (Wildman–Crippen MR) is 148 cm³/mol. The van der Waals surface area contributed by atoms with Gasteiger partial charge in [0.2, 0.25) is 17.7 Å². The van der Waals surface area contributed by atoms with Crippen molar-refractivity contribution < 1.29 is 24.2 Å². The summed E-state index contributed by atoms with van der Waals surface area (Å²) in [6, 6.07) is -1.41. The Morgan fingerprint density at radius 2 is 1.74 bits per heavy atom. The van der Waals surface area contributed by atoms with Crippen LogP contribution in [0, 0.1) is 17.8 Å². The maximum Gasteiger partial charge on any atom is 0.248 e. The maximum absolute atomic E-state index is 14.4. The molecule has 0 aromatic heterocycles. The molecule has 8 nitrogen and oxygen atoms in total. The molecule has 3 aliphatic rings. The summed E-state index contributed by atoms with van der Waals surface area (Å²) in [6.07, 6.45) is 7.65. The Hall–Kier alpha value is -2.19. The second kappa shape index (κ2) is 12.3. The molecule has 0 radical (unpaired) electrons. The number of amides is 3. The molecule has 8 heteroatoms. The van der Waals surface area contributed by atoms with E-state index in [1.165, 1.54) is 0 Å². The molecule has 6 atom stereocenters. The summed E-state index contributed by atoms with van der Waals surface area (Å²) in [6.45, 7) is 19.4. The number of fused-ring (bicyclic) bond motifs is 1. The molecule has 0 aliphatic carbocycles. The van der Waals surface area contributed by atoms with Gasteiger partial charge in [0.15, 0.2) is 0 Å². The third kappa shape index (κ3) is 5.18. The van der Waals surface area contributed by atoms with Gasteiger partial charge in [0.25, 0.3) is 0 Å². The number of ether oxygens (including phenoxy) is 1. The number of carbonyl (C=O) groups is 3. The zero-order valence-corrected chi connectivity index (χ0v) is 24.2. The first-order valence-corrected chi connectivity index (χ1v) is 14.5. The van der Waals surface area contributed by atoms with Crippen LogP contribution in [0.15, 0.2) is 25.3 Å². The fourth-order valence-electron chi connectivity index (χ4n) is 7.12. The van der Waals surface area contributed by atoms with Crippen LogP contribution in [0.4, 0.5) is 0 Å². The second-order valence-corrected chi connectivity index (χ2v) is 11.9. The van der Waals surface area contributed by atoms with Gasteiger partial charge < -0.3 is 24.5 Å². The first kappa shape index (κ1) is 30.4. The van der Waals surface area contributed by atoms with Crippen LogP contribution in [0.1, 0.15) is 73.1 Å². The predicted octanol–water partition coefficient (Wildman–Crippen LogP) is 3.40. The summed E-state index contributed by atoms with van der Waals surface area (Å²) in [5, 5.41) is 10.5. The Morgan fingerprint density at radius 3 is 2.26 bits per heavy atom. The fourth-order valence-corrected chi connectivity index (χ4v) is 7.12. The van der Waals surface area contributed by atoms with Crippen LogP contribution in [0.5, 0.6) is 0 Å². The highest BCUT2D eigenvalue weighted by molar-refractivity contribution is 5.99. The monoisotopic (exact) mass is 531 g/mol. The van der Waals surface area contributed by atoms with E-state index >= 15 is 0 Å². The van der Waals surface area contributed by atoms with Gasteiger partial charge in [-0.2, -0.15) is 0 Å². The summed E-state index contributed by atoms with van der Waals surface area (Å²) >= 11 is 0. The van der Waals surface area contributed by atoms with Crippen molar-refractivity contribution in [3.8, 4) is 0 Å². The molecule has 3 aliphatic heterocycles. The Labute approximate surface area is 229 Å². The highest BCUT2D eigenvalue weighted by Crippen LogP contribution is 2.64. The minimum absolute atomic E-state index is 0.111. The zero-order valence-electron chi connectivity index (χ0n) is 24.2. The normalized spacial score (nSPS) is 30.4. The third-order valence-electron chi connectivity index (χ3n) is 8.66. The molecule has 38 heavy (non-hydrogen) atoms. The second-order valence-electron chi connectivity index (χ2n) is 11.9. The molecule has 214 valence electrons. The summed E-state index contributed by atoms with van der Waals surface area (Å²) in [5.74, 6) is -1.76. The van der Waals surface area contributed by atoms with E-state index in [0.717, 1.165) is 19.3 Å². The number of aliphatic hydroxyl groups excluding tert-OH is 1. The fraction of sp³-hybridized carbons (Fsp3) is 0.767. The molecule has 1 spiro atoms. The zero-order chi connectivity index (χ0) is 28.3. The molecule has 3 fully saturated rings. The lowest BCUT2D eigenvalue weighted by Gasteiger charge is -2.40. The maximum atomic E-state index is 14.4. The van der Waals surface area contributed by atoms with E-state index in [-0.39, 0.29) is 30.2 Å². The largest absolute Gasteiger partial charge is 0.394 e. The Morgan fingerprint density at radius 1 is 1.11 bits per heavy atom. The topological polar surface area (TPSA) is 90.4 Å². The van der Waals surface area contributed by atoms with E-state index in [9.17, 15) is 19.5 Å². The van der Waals surface area contributed by atoms with E-state index in [1.807, 2.05) is 27.7 Å². The van der Waals surface area contributed by atoms with Gasteiger partial charge >= 0.3 is 0 Å². The number of carbonyl (C=O) groups excluding carboxylic acids is 3. The van der Waals surface area contributed by atoms with E-state index in [1.54, 1.807) is 26.9 Å². The first-order valence-electron chi connectivity index (χ1n) is 14.5. The van der Waals surface area contributed by atoms with Crippen LogP contribution in [-0.2, 0) is 19.1 Å². The average molecular weight is 532 g/mol. The van der Waals surface area contributed by atoms with Crippen LogP contribution in [-0.4, -0.2) is 93.6 Å². The van der Waals surface area contributed by atoms with Crippen molar-refractivity contribution in [3.63, 3.8) is 0 Å². The van der Waals surface area contributed by atoms with E-state index in [2.05, 4.69) is 20.1 Å². The number of aliphatic hydroxyl groups is 1. The highest BCUT2D eigenvalue weighted by atomic mass is 16.5. The van der Waals surface area contributed by atoms with Crippen LogP contribution in [0.3, 0.4) is 0 Å². The summed E-state index contributed by atoms with van der Waals surface area (Å²) < 4.78 is 6.79. The summed E-state index contributed by atoms with van der Waals surface area (Å²) in [4.78, 5) is 48.0. The molecular formula is C30H49N3O5. The molecule has 2 unspecified atom stereocenters. The number of likely N-dealkylation sites (tertiary alicyclic amines) is 1. The number of hydrogen-bond donors (Lipinski definition) is 1. The van der Waals surface area contributed by atoms with Gasteiger partial charge in [0, 0.05) is 26.2 Å². The number of hydrogen-bond acceptors (Lipinski definition) is 5. The van der Waals surface area contributed by atoms with Gasteiger partial charge in [0.1, 0.15) is 11.6 Å². The smallest absolute Gasteiger partial charge is 0.248 e. The Kier molecular flexibility index (Phi) is 9.85. The van der Waals surface area contributed by atoms with Gasteiger partial charge in [-0.25, -0.2) is 0 Å². The van der Waals surface area contributed by atoms with Gasteiger partial charge in [0.05, 0.1) is 30.1 Å². The lowest BCUT2D eigenvalue weighted by molar-refractivity contribution is -0.156. The van der Waals surface area contributed by atoms with Crippen LogP contribution >= 0.6 is 0 Å². The van der Waals surface area contributed by atoms with Crippen LogP contribution in [0.2, 0.25) is 0 Å². The van der Waals surface area contributed by atoms with Crippen molar-refractivity contribution in [2.24, 2.45) is 17.8 Å². The lowest BCUT2D eigenvalue weighted by Crippen LogP contribution is -2.59. The SMILES string of the molecule is C=CCN(CCCC)C(=O)C1N([C@@H](CO)CC(C)C)C(=O)[C@@H]2[C@H](C(=O)N(CC=C)CCC)[C@]3(C)CCC12O3. The number of unbranched alkanes of at least 4 members (excludes halogenated alkanes) is 1. The van der Waals surface area contributed by atoms with Crippen LogP contribution in [0.25, 0.3) is 0 Å². The molecule has 3 rings (SSSR count). The molecule has 1 N–H and O–H groups in total. The molecule has 3 amide bonds. The van der Waals surface area contributed by atoms with Gasteiger partial charge in [-0.15, -0.1) is 13.2 Å². The van der Waals surface area contributed by atoms with Crippen molar-refractivity contribution >= 4 is 17.7 Å². The number of rotatable bonds is 15. The minimum Gasteiger partial charge on any atom is -0.394 e. The first-order chi connectivity index (χ1) is 18.1. The quantitative estimate of drug-likeness (QED) is 0.327. The molecule has 0 aromatic rings. The Bertz CT molecular complexity index is 906.